The minimum absolute atomic E-state index is 0.0519. The van der Waals surface area contributed by atoms with E-state index < -0.39 is 16.1 Å². The van der Waals surface area contributed by atoms with Crippen LogP contribution in [0.15, 0.2) is 66.7 Å². The summed E-state index contributed by atoms with van der Waals surface area (Å²) < 4.78 is 25.9. The van der Waals surface area contributed by atoms with Crippen molar-refractivity contribution in [3.8, 4) is 11.1 Å². The molecule has 0 aliphatic rings. The molecule has 33 heavy (non-hydrogen) atoms. The number of carbonyl (C=O) groups is 2. The highest BCUT2D eigenvalue weighted by atomic mass is 32.2. The molecule has 9 nitrogen and oxygen atoms in total. The van der Waals surface area contributed by atoms with Gasteiger partial charge in [0.25, 0.3) is 16.0 Å². The Labute approximate surface area is 191 Å². The molecule has 0 aliphatic heterocycles. The third-order valence-corrected chi connectivity index (χ3v) is 4.32. The zero-order chi connectivity index (χ0) is 24.8. The minimum Gasteiger partial charge on any atom is -0.478 e. The molecule has 0 heterocycles. The van der Waals surface area contributed by atoms with Crippen molar-refractivity contribution in [3.05, 3.63) is 89.0 Å². The average molecular weight is 470 g/mol. The Morgan fingerprint density at radius 3 is 2.06 bits per heavy atom. The van der Waals surface area contributed by atoms with Gasteiger partial charge in [-0.3, -0.25) is 14.8 Å². The lowest BCUT2D eigenvalue weighted by molar-refractivity contribution is 0.0697. The molecule has 0 unspecified atom stereocenters. The van der Waals surface area contributed by atoms with Crippen LogP contribution in [0.1, 0.15) is 31.8 Å². The number of amidine groups is 1. The summed E-state index contributed by atoms with van der Waals surface area (Å²) in [4.78, 5) is 24.5. The van der Waals surface area contributed by atoms with E-state index in [0.717, 1.165) is 5.56 Å². The van der Waals surface area contributed by atoms with E-state index in [9.17, 15) is 23.1 Å². The topological polar surface area (TPSA) is 171 Å². The molecule has 6 N–H and O–H groups in total. The fourth-order valence-electron chi connectivity index (χ4n) is 2.91. The maximum Gasteiger partial charge on any atom is 0.336 e. The number of nitrogen functional groups attached to an aromatic ring is 1. The molecule has 0 radical (unpaired) electrons. The first-order chi connectivity index (χ1) is 15.4. The molecule has 172 valence electrons. The Kier molecular flexibility index (Phi) is 8.05. The van der Waals surface area contributed by atoms with Gasteiger partial charge < -0.3 is 16.2 Å². The van der Waals surface area contributed by atoms with Crippen molar-refractivity contribution in [2.75, 3.05) is 11.6 Å². The smallest absolute Gasteiger partial charge is 0.336 e. The number of carbonyl (C=O) groups excluding carboxylic acids is 1. The van der Waals surface area contributed by atoms with Crippen LogP contribution in [0.5, 0.6) is 0 Å². The molecule has 3 aromatic rings. The first kappa shape index (κ1) is 25.2. The number of nitrogens with one attached hydrogen (secondary N) is 2. The number of carboxylic acids is 1. The van der Waals surface area contributed by atoms with Gasteiger partial charge in [-0.2, -0.15) is 8.42 Å². The number of hydrogen-bond acceptors (Lipinski definition) is 5. The Hall–Kier alpha value is -4.02. The molecule has 0 aliphatic carbocycles. The lowest BCUT2D eigenvalue weighted by Gasteiger charge is -2.13. The van der Waals surface area contributed by atoms with Crippen LogP contribution in [0.3, 0.4) is 0 Å². The second-order valence-corrected chi connectivity index (χ2v) is 8.54. The average Bonchev–Trinajstić information content (AvgIpc) is 2.72. The lowest BCUT2D eigenvalue weighted by atomic mass is 9.93. The van der Waals surface area contributed by atoms with Crippen LogP contribution in [0.25, 0.3) is 11.1 Å². The van der Waals surface area contributed by atoms with Gasteiger partial charge in [0.05, 0.1) is 11.8 Å². The molecule has 3 rings (SSSR count). The number of nitrogens with two attached hydrogens (primary N) is 1. The Bertz CT molecular complexity index is 1290. The zero-order valence-electron chi connectivity index (χ0n) is 17.9. The molecule has 0 saturated heterocycles. The van der Waals surface area contributed by atoms with E-state index in [2.05, 4.69) is 5.32 Å². The van der Waals surface area contributed by atoms with Gasteiger partial charge in [0, 0.05) is 16.8 Å². The first-order valence-electron chi connectivity index (χ1n) is 9.48. The molecule has 0 bridgehead atoms. The van der Waals surface area contributed by atoms with Crippen LogP contribution in [0.4, 0.5) is 5.69 Å². The Morgan fingerprint density at radius 1 is 0.939 bits per heavy atom. The fraction of sp³-hybridized carbons (Fsp3) is 0.0870. The van der Waals surface area contributed by atoms with Gasteiger partial charge in [0.1, 0.15) is 5.84 Å². The number of hydrogen-bond donors (Lipinski definition) is 5. The molecule has 10 heteroatoms. The number of benzene rings is 3. The monoisotopic (exact) mass is 469 g/mol. The SMILES string of the molecule is CS(=O)(=O)O.Cc1ccc(C(=O)Nc2ccc(C(=N)N)cc2)c(-c2ccccc2C(=O)O)c1. The molecule has 3 aromatic carbocycles. The van der Waals surface area contributed by atoms with Gasteiger partial charge in [-0.15, -0.1) is 0 Å². The van der Waals surface area contributed by atoms with Crippen LogP contribution in [0.2, 0.25) is 0 Å². The molecule has 0 saturated carbocycles. The van der Waals surface area contributed by atoms with Crippen molar-refractivity contribution >= 4 is 33.5 Å². The van der Waals surface area contributed by atoms with E-state index in [1.54, 1.807) is 60.7 Å². The first-order valence-corrected chi connectivity index (χ1v) is 11.3. The second kappa shape index (κ2) is 10.5. The number of carboxylic acid groups (broad SMARTS) is 1. The quantitative estimate of drug-likeness (QED) is 0.216. The molecule has 0 spiro atoms. The van der Waals surface area contributed by atoms with E-state index >= 15 is 0 Å². The van der Waals surface area contributed by atoms with Crippen molar-refractivity contribution in [1.82, 2.24) is 0 Å². The number of aryl methyl sites for hydroxylation is 1. The van der Waals surface area contributed by atoms with Crippen molar-refractivity contribution in [2.24, 2.45) is 5.73 Å². The summed E-state index contributed by atoms with van der Waals surface area (Å²) in [5, 5.41) is 19.7. The van der Waals surface area contributed by atoms with Crippen molar-refractivity contribution in [1.29, 1.82) is 5.41 Å². The zero-order valence-corrected chi connectivity index (χ0v) is 18.7. The van der Waals surface area contributed by atoms with Crippen molar-refractivity contribution in [3.63, 3.8) is 0 Å². The van der Waals surface area contributed by atoms with E-state index in [1.165, 1.54) is 6.07 Å². The predicted octanol–water partition coefficient (Wildman–Crippen LogP) is 3.40. The molecular weight excluding hydrogens is 446 g/mol. The second-order valence-electron chi connectivity index (χ2n) is 7.08. The summed E-state index contributed by atoms with van der Waals surface area (Å²) >= 11 is 0. The van der Waals surface area contributed by atoms with E-state index in [-0.39, 0.29) is 17.3 Å². The summed E-state index contributed by atoms with van der Waals surface area (Å²) in [6, 6.07) is 18.5. The van der Waals surface area contributed by atoms with E-state index in [4.69, 9.17) is 15.7 Å². The van der Waals surface area contributed by atoms with Crippen LogP contribution < -0.4 is 11.1 Å². The molecule has 1 amide bonds. The van der Waals surface area contributed by atoms with Gasteiger partial charge in [0.2, 0.25) is 0 Å². The minimum atomic E-state index is -3.67. The summed E-state index contributed by atoms with van der Waals surface area (Å²) in [5.74, 6) is -1.46. The standard InChI is InChI=1S/C22H19N3O3.CH4O3S/c1-13-6-11-17(19(12-13)16-4-2-3-5-18(16)22(27)28)21(26)25-15-9-7-14(8-10-15)20(23)24;1-5(2,3)4/h2-12H,1H3,(H3,23,24)(H,25,26)(H,27,28);1H3,(H,2,3,4). The fourth-order valence-corrected chi connectivity index (χ4v) is 2.91. The van der Waals surface area contributed by atoms with Gasteiger partial charge in [0.15, 0.2) is 0 Å². The van der Waals surface area contributed by atoms with E-state index in [1.807, 2.05) is 6.92 Å². The summed E-state index contributed by atoms with van der Waals surface area (Å²) in [6.07, 6.45) is 0.715. The number of rotatable bonds is 5. The maximum absolute atomic E-state index is 12.9. The van der Waals surface area contributed by atoms with Crippen LogP contribution in [0, 0.1) is 12.3 Å². The van der Waals surface area contributed by atoms with Gasteiger partial charge in [-0.05, 0) is 54.4 Å². The Balaban J connectivity index is 0.000000696. The van der Waals surface area contributed by atoms with Crippen molar-refractivity contribution < 1.29 is 27.7 Å². The number of aromatic carboxylic acids is 1. The third kappa shape index (κ3) is 7.56. The number of anilines is 1. The van der Waals surface area contributed by atoms with Crippen LogP contribution >= 0.6 is 0 Å². The highest BCUT2D eigenvalue weighted by Crippen LogP contribution is 2.29. The van der Waals surface area contributed by atoms with Crippen LogP contribution in [-0.4, -0.2) is 42.0 Å². The van der Waals surface area contributed by atoms with Crippen molar-refractivity contribution in [2.45, 2.75) is 6.92 Å². The summed E-state index contributed by atoms with van der Waals surface area (Å²) in [5.41, 5.74) is 9.00. The molecule has 0 fully saturated rings. The highest BCUT2D eigenvalue weighted by Gasteiger charge is 2.18. The van der Waals surface area contributed by atoms with E-state index in [0.29, 0.717) is 34.2 Å². The molecular formula is C23H23N3O6S. The van der Waals surface area contributed by atoms with Gasteiger partial charge in [-0.25, -0.2) is 4.79 Å². The largest absolute Gasteiger partial charge is 0.478 e. The summed E-state index contributed by atoms with van der Waals surface area (Å²) in [6.45, 7) is 1.88. The Morgan fingerprint density at radius 2 is 1.52 bits per heavy atom. The normalized spacial score (nSPS) is 10.5. The van der Waals surface area contributed by atoms with Gasteiger partial charge in [-0.1, -0.05) is 35.9 Å². The summed E-state index contributed by atoms with van der Waals surface area (Å²) in [7, 11) is -3.67. The predicted molar refractivity (Wildman–Crippen MR) is 126 cm³/mol. The molecule has 0 aromatic heterocycles. The molecule has 0 atom stereocenters. The van der Waals surface area contributed by atoms with Crippen LogP contribution in [-0.2, 0) is 10.1 Å². The maximum atomic E-state index is 12.9. The van der Waals surface area contributed by atoms with Gasteiger partial charge >= 0.3 is 5.97 Å². The third-order valence-electron chi connectivity index (χ3n) is 4.32. The lowest BCUT2D eigenvalue weighted by Crippen LogP contribution is -2.15. The highest BCUT2D eigenvalue weighted by molar-refractivity contribution is 7.85. The number of amides is 1.